The first kappa shape index (κ1) is 14.5. The van der Waals surface area contributed by atoms with Crippen LogP contribution >= 0.6 is 22.6 Å². The Bertz CT molecular complexity index is 558. The lowest BCUT2D eigenvalue weighted by atomic mass is 10.1. The van der Waals surface area contributed by atoms with Gasteiger partial charge in [0, 0.05) is 34.5 Å². The van der Waals surface area contributed by atoms with Gasteiger partial charge in [-0.2, -0.15) is 5.10 Å². The van der Waals surface area contributed by atoms with Crippen LogP contribution in [0.4, 0.5) is 0 Å². The first-order chi connectivity index (χ1) is 8.99. The van der Waals surface area contributed by atoms with Crippen LogP contribution in [-0.2, 0) is 13.6 Å². The molecule has 2 rings (SSSR count). The van der Waals surface area contributed by atoms with Crippen LogP contribution in [0.3, 0.4) is 0 Å². The smallest absolute Gasteiger partial charge is 0.0641 e. The normalized spacial score (nSPS) is 12.7. The van der Waals surface area contributed by atoms with Crippen molar-refractivity contribution in [2.24, 2.45) is 7.05 Å². The summed E-state index contributed by atoms with van der Waals surface area (Å²) in [7, 11) is 1.99. The minimum atomic E-state index is 0.344. The lowest BCUT2D eigenvalue weighted by Gasteiger charge is -2.14. The standard InChI is InChI=1S/C15H20IN3/c1-10(13-5-7-14(16)8-6-13)17-9-15-11(2)18-19(4)12(15)3/h5-8,10,17H,9H2,1-4H3. The minimum absolute atomic E-state index is 0.344. The van der Waals surface area contributed by atoms with Crippen LogP contribution in [0.2, 0.25) is 0 Å². The molecule has 4 heteroatoms. The molecule has 0 saturated heterocycles. The summed E-state index contributed by atoms with van der Waals surface area (Å²) >= 11 is 2.33. The number of nitrogens with one attached hydrogen (secondary N) is 1. The van der Waals surface area contributed by atoms with Gasteiger partial charge in [-0.25, -0.2) is 0 Å². The third-order valence-corrected chi connectivity index (χ3v) is 4.33. The molecule has 1 atom stereocenters. The fraction of sp³-hybridized carbons (Fsp3) is 0.400. The summed E-state index contributed by atoms with van der Waals surface area (Å²) in [5.74, 6) is 0. The number of benzene rings is 1. The summed E-state index contributed by atoms with van der Waals surface area (Å²) in [6.45, 7) is 7.24. The van der Waals surface area contributed by atoms with Crippen molar-refractivity contribution in [2.45, 2.75) is 33.4 Å². The maximum Gasteiger partial charge on any atom is 0.0641 e. The van der Waals surface area contributed by atoms with Crippen LogP contribution in [0.15, 0.2) is 24.3 Å². The van der Waals surface area contributed by atoms with Crippen molar-refractivity contribution < 1.29 is 0 Å². The Hall–Kier alpha value is -0.880. The molecule has 0 radical (unpaired) electrons. The zero-order chi connectivity index (χ0) is 14.0. The van der Waals surface area contributed by atoms with Gasteiger partial charge in [0.25, 0.3) is 0 Å². The van der Waals surface area contributed by atoms with Gasteiger partial charge in [0.05, 0.1) is 5.69 Å². The number of nitrogens with zero attached hydrogens (tertiary/aromatic N) is 2. The molecule has 3 nitrogen and oxygen atoms in total. The molecule has 0 aliphatic heterocycles. The molecule has 0 amide bonds. The Kier molecular flexibility index (Phi) is 4.62. The van der Waals surface area contributed by atoms with Crippen molar-refractivity contribution in [2.75, 3.05) is 0 Å². The molecular formula is C15H20IN3. The number of hydrogen-bond donors (Lipinski definition) is 1. The van der Waals surface area contributed by atoms with Gasteiger partial charge in [-0.05, 0) is 61.1 Å². The van der Waals surface area contributed by atoms with E-state index in [0.717, 1.165) is 12.2 Å². The van der Waals surface area contributed by atoms with Crippen LogP contribution in [0.25, 0.3) is 0 Å². The average Bonchev–Trinajstić information content (AvgIpc) is 2.62. The highest BCUT2D eigenvalue weighted by Crippen LogP contribution is 2.17. The second-order valence-electron chi connectivity index (χ2n) is 4.93. The van der Waals surface area contributed by atoms with E-state index in [-0.39, 0.29) is 0 Å². The van der Waals surface area contributed by atoms with Gasteiger partial charge in [-0.15, -0.1) is 0 Å². The van der Waals surface area contributed by atoms with Crippen molar-refractivity contribution >= 4 is 22.6 Å². The summed E-state index contributed by atoms with van der Waals surface area (Å²) in [6.07, 6.45) is 0. The van der Waals surface area contributed by atoms with Crippen molar-refractivity contribution in [1.82, 2.24) is 15.1 Å². The van der Waals surface area contributed by atoms with Gasteiger partial charge in [-0.3, -0.25) is 4.68 Å². The molecule has 0 spiro atoms. The second-order valence-corrected chi connectivity index (χ2v) is 6.17. The van der Waals surface area contributed by atoms with Crippen LogP contribution < -0.4 is 5.32 Å². The zero-order valence-electron chi connectivity index (χ0n) is 11.9. The Balaban J connectivity index is 2.04. The number of aryl methyl sites for hydroxylation is 2. The fourth-order valence-corrected chi connectivity index (χ4v) is 2.56. The maximum atomic E-state index is 4.45. The van der Waals surface area contributed by atoms with E-state index in [1.165, 1.54) is 20.4 Å². The van der Waals surface area contributed by atoms with E-state index < -0.39 is 0 Å². The van der Waals surface area contributed by atoms with Crippen molar-refractivity contribution in [3.8, 4) is 0 Å². The molecule has 1 heterocycles. The van der Waals surface area contributed by atoms with Crippen LogP contribution in [0, 0.1) is 17.4 Å². The van der Waals surface area contributed by atoms with Crippen LogP contribution in [0.5, 0.6) is 0 Å². The van der Waals surface area contributed by atoms with E-state index >= 15 is 0 Å². The van der Waals surface area contributed by atoms with E-state index in [9.17, 15) is 0 Å². The molecule has 1 unspecified atom stereocenters. The van der Waals surface area contributed by atoms with Gasteiger partial charge in [-0.1, -0.05) is 12.1 Å². The topological polar surface area (TPSA) is 29.9 Å². The van der Waals surface area contributed by atoms with E-state index in [1.54, 1.807) is 0 Å². The van der Waals surface area contributed by atoms with Gasteiger partial charge in [0.1, 0.15) is 0 Å². The lowest BCUT2D eigenvalue weighted by Crippen LogP contribution is -2.18. The Morgan fingerprint density at radius 2 is 1.89 bits per heavy atom. The number of halogens is 1. The number of hydrogen-bond acceptors (Lipinski definition) is 2. The molecule has 19 heavy (non-hydrogen) atoms. The highest BCUT2D eigenvalue weighted by Gasteiger charge is 2.11. The third kappa shape index (κ3) is 3.36. The predicted octanol–water partition coefficient (Wildman–Crippen LogP) is 3.49. The fourth-order valence-electron chi connectivity index (χ4n) is 2.20. The lowest BCUT2D eigenvalue weighted by molar-refractivity contribution is 0.571. The summed E-state index contributed by atoms with van der Waals surface area (Å²) in [6, 6.07) is 9.00. The SMILES string of the molecule is Cc1nn(C)c(C)c1CNC(C)c1ccc(I)cc1. The molecule has 1 aromatic carbocycles. The molecule has 1 N–H and O–H groups in total. The molecule has 0 aliphatic rings. The van der Waals surface area contributed by atoms with E-state index in [1.807, 2.05) is 11.7 Å². The highest BCUT2D eigenvalue weighted by atomic mass is 127. The molecule has 0 bridgehead atoms. The minimum Gasteiger partial charge on any atom is -0.306 e. The van der Waals surface area contributed by atoms with Crippen LogP contribution in [0.1, 0.15) is 35.5 Å². The summed E-state index contributed by atoms with van der Waals surface area (Å²) < 4.78 is 3.22. The second kappa shape index (κ2) is 6.05. The van der Waals surface area contributed by atoms with Gasteiger partial charge >= 0.3 is 0 Å². The number of aromatic nitrogens is 2. The monoisotopic (exact) mass is 369 g/mol. The molecule has 0 fully saturated rings. The van der Waals surface area contributed by atoms with Crippen molar-refractivity contribution in [3.63, 3.8) is 0 Å². The maximum absolute atomic E-state index is 4.45. The number of rotatable bonds is 4. The van der Waals surface area contributed by atoms with Gasteiger partial charge in [0.2, 0.25) is 0 Å². The Morgan fingerprint density at radius 3 is 2.42 bits per heavy atom. The molecule has 0 aliphatic carbocycles. The third-order valence-electron chi connectivity index (χ3n) is 3.61. The zero-order valence-corrected chi connectivity index (χ0v) is 14.0. The summed E-state index contributed by atoms with van der Waals surface area (Å²) in [5, 5.41) is 8.02. The molecule has 0 saturated carbocycles. The largest absolute Gasteiger partial charge is 0.306 e. The van der Waals surface area contributed by atoms with Crippen molar-refractivity contribution in [1.29, 1.82) is 0 Å². The van der Waals surface area contributed by atoms with E-state index in [0.29, 0.717) is 6.04 Å². The van der Waals surface area contributed by atoms with Gasteiger partial charge in [0.15, 0.2) is 0 Å². The predicted molar refractivity (Wildman–Crippen MR) is 87.1 cm³/mol. The Labute approximate surface area is 128 Å². The molecule has 102 valence electrons. The quantitative estimate of drug-likeness (QED) is 0.837. The first-order valence-corrected chi connectivity index (χ1v) is 7.55. The average molecular weight is 369 g/mol. The van der Waals surface area contributed by atoms with E-state index in [2.05, 4.69) is 78.0 Å². The van der Waals surface area contributed by atoms with E-state index in [4.69, 9.17) is 0 Å². The molecular weight excluding hydrogens is 349 g/mol. The highest BCUT2D eigenvalue weighted by molar-refractivity contribution is 14.1. The van der Waals surface area contributed by atoms with Crippen LogP contribution in [-0.4, -0.2) is 9.78 Å². The molecule has 2 aromatic rings. The first-order valence-electron chi connectivity index (χ1n) is 6.47. The summed E-state index contributed by atoms with van der Waals surface area (Å²) in [5.41, 5.74) is 4.97. The Morgan fingerprint density at radius 1 is 1.26 bits per heavy atom. The summed E-state index contributed by atoms with van der Waals surface area (Å²) in [4.78, 5) is 0. The van der Waals surface area contributed by atoms with Crippen molar-refractivity contribution in [3.05, 3.63) is 50.4 Å². The van der Waals surface area contributed by atoms with Gasteiger partial charge < -0.3 is 5.32 Å². The molecule has 1 aromatic heterocycles.